The SMILES string of the molecule is CC[C@H](C)[C@H](NC(=O)[C@H](CCCN=C(N)N)NC(=O)[C@@H](N)CS)C(=O)N[C@@H](CCCCN)C(=O)N[C@@H](CCC(N)=O)C(=O)O. The molecule has 0 bridgehead atoms. The summed E-state index contributed by atoms with van der Waals surface area (Å²) in [6, 6.07) is -5.78. The van der Waals surface area contributed by atoms with E-state index in [-0.39, 0.29) is 43.9 Å². The maximum atomic E-state index is 13.5. The molecular weight excluding hydrogens is 596 g/mol. The van der Waals surface area contributed by atoms with Crippen molar-refractivity contribution in [1.29, 1.82) is 0 Å². The molecule has 0 unspecified atom stereocenters. The number of carbonyl (C=O) groups excluding carboxylic acids is 5. The molecule has 6 atom stereocenters. The molecule has 18 heteroatoms. The van der Waals surface area contributed by atoms with Crippen LogP contribution < -0.4 is 49.9 Å². The fraction of sp³-hybridized carbons (Fsp3) is 0.731. The molecule has 0 saturated heterocycles. The molecule has 15 N–H and O–H groups in total. The Bertz CT molecular complexity index is 996. The van der Waals surface area contributed by atoms with Gasteiger partial charge in [0.15, 0.2) is 5.96 Å². The van der Waals surface area contributed by atoms with Crippen molar-refractivity contribution in [1.82, 2.24) is 21.3 Å². The first-order valence-corrected chi connectivity index (χ1v) is 15.2. The molecule has 5 amide bonds. The molecule has 17 nitrogen and oxygen atoms in total. The van der Waals surface area contributed by atoms with E-state index >= 15 is 0 Å². The van der Waals surface area contributed by atoms with E-state index in [1.165, 1.54) is 0 Å². The normalized spacial score (nSPS) is 14.9. The standard InChI is InChI=1S/C26H50N10O7S/c1-3-14(2)20(36-23(40)17(8-6-12-32-26(30)31)33-21(38)15(28)13-44)24(41)34-16(7-4-5-11-27)22(39)35-18(25(42)43)9-10-19(29)37/h14-18,20,44H,3-13,27-28H2,1-2H3,(H2,29,37)(H,33,38)(H,34,41)(H,35,39)(H,36,40)(H,42,43)(H4,30,31,32)/t14-,15-,16-,17-,18-,20-/m0/s1. The zero-order valence-electron chi connectivity index (χ0n) is 25.4. The van der Waals surface area contributed by atoms with E-state index in [0.29, 0.717) is 32.2 Å². The zero-order chi connectivity index (χ0) is 33.8. The van der Waals surface area contributed by atoms with Gasteiger partial charge in [-0.05, 0) is 51.0 Å². The summed E-state index contributed by atoms with van der Waals surface area (Å²) in [5, 5.41) is 19.7. The quantitative estimate of drug-likeness (QED) is 0.0227. The van der Waals surface area contributed by atoms with Crippen LogP contribution >= 0.6 is 12.6 Å². The summed E-state index contributed by atoms with van der Waals surface area (Å²) in [6.07, 6.45) is 1.48. The van der Waals surface area contributed by atoms with Gasteiger partial charge in [0.1, 0.15) is 24.2 Å². The molecule has 0 saturated carbocycles. The lowest BCUT2D eigenvalue weighted by Crippen LogP contribution is -2.60. The summed E-state index contributed by atoms with van der Waals surface area (Å²) < 4.78 is 0. The van der Waals surface area contributed by atoms with Crippen LogP contribution in [0.1, 0.15) is 65.2 Å². The predicted octanol–water partition coefficient (Wildman–Crippen LogP) is -3.24. The third-order valence-corrected chi connectivity index (χ3v) is 7.17. The van der Waals surface area contributed by atoms with Crippen molar-refractivity contribution < 1.29 is 33.9 Å². The van der Waals surface area contributed by atoms with Crippen molar-refractivity contribution in [3.05, 3.63) is 0 Å². The van der Waals surface area contributed by atoms with Crippen molar-refractivity contribution in [2.75, 3.05) is 18.8 Å². The average molecular weight is 647 g/mol. The molecule has 0 aromatic heterocycles. The van der Waals surface area contributed by atoms with Crippen LogP contribution in [0.15, 0.2) is 4.99 Å². The third-order valence-electron chi connectivity index (χ3n) is 6.78. The Hall–Kier alpha value is -3.64. The molecule has 0 rings (SSSR count). The Morgan fingerprint density at radius 1 is 0.795 bits per heavy atom. The number of nitrogens with zero attached hydrogens (tertiary/aromatic N) is 1. The summed E-state index contributed by atoms with van der Waals surface area (Å²) in [5.74, 6) is -5.38. The molecule has 0 aromatic carbocycles. The number of nitrogens with one attached hydrogen (secondary N) is 4. The Labute approximate surface area is 263 Å². The van der Waals surface area contributed by atoms with E-state index in [0.717, 1.165) is 0 Å². The predicted molar refractivity (Wildman–Crippen MR) is 168 cm³/mol. The van der Waals surface area contributed by atoms with E-state index in [2.05, 4.69) is 38.9 Å². The highest BCUT2D eigenvalue weighted by Crippen LogP contribution is 2.12. The Kier molecular flexibility index (Phi) is 20.1. The monoisotopic (exact) mass is 646 g/mol. The van der Waals surface area contributed by atoms with Gasteiger partial charge in [0.2, 0.25) is 29.5 Å². The minimum atomic E-state index is -1.42. The Morgan fingerprint density at radius 3 is 1.84 bits per heavy atom. The largest absolute Gasteiger partial charge is 0.480 e. The van der Waals surface area contributed by atoms with E-state index < -0.39 is 71.6 Å². The van der Waals surface area contributed by atoms with Crippen molar-refractivity contribution in [3.63, 3.8) is 0 Å². The van der Waals surface area contributed by atoms with Gasteiger partial charge >= 0.3 is 5.97 Å². The van der Waals surface area contributed by atoms with Crippen LogP contribution in [0.4, 0.5) is 0 Å². The van der Waals surface area contributed by atoms with Crippen molar-refractivity contribution >= 4 is 54.1 Å². The van der Waals surface area contributed by atoms with Gasteiger partial charge in [0, 0.05) is 18.7 Å². The highest BCUT2D eigenvalue weighted by atomic mass is 32.1. The molecule has 0 fully saturated rings. The van der Waals surface area contributed by atoms with Crippen LogP contribution in [-0.2, 0) is 28.8 Å². The average Bonchev–Trinajstić information content (AvgIpc) is 2.97. The van der Waals surface area contributed by atoms with Gasteiger partial charge in [-0.2, -0.15) is 12.6 Å². The van der Waals surface area contributed by atoms with Crippen LogP contribution in [0.2, 0.25) is 0 Å². The van der Waals surface area contributed by atoms with Crippen LogP contribution in [-0.4, -0.2) is 95.6 Å². The lowest BCUT2D eigenvalue weighted by molar-refractivity contribution is -0.142. The third kappa shape index (κ3) is 16.3. The number of hydrogen-bond donors (Lipinski definition) is 11. The number of primary amides is 1. The van der Waals surface area contributed by atoms with Gasteiger partial charge in [-0.3, -0.25) is 29.0 Å². The Balaban J connectivity index is 5.96. The number of nitrogens with two attached hydrogens (primary N) is 5. The molecule has 0 aliphatic rings. The number of amides is 5. The first-order valence-electron chi connectivity index (χ1n) is 14.5. The summed E-state index contributed by atoms with van der Waals surface area (Å²) >= 11 is 4.01. The number of carboxylic acids is 1. The second kappa shape index (κ2) is 22.0. The number of aliphatic imine (C=N–C) groups is 1. The van der Waals surface area contributed by atoms with Crippen molar-refractivity contribution in [2.45, 2.75) is 95.4 Å². The van der Waals surface area contributed by atoms with Crippen LogP contribution in [0.5, 0.6) is 0 Å². The number of guanidine groups is 1. The minimum absolute atomic E-state index is 0.0327. The second-order valence-corrected chi connectivity index (χ2v) is 10.8. The number of carboxylic acid groups (broad SMARTS) is 1. The summed E-state index contributed by atoms with van der Waals surface area (Å²) in [5.41, 5.74) is 27.1. The van der Waals surface area contributed by atoms with Gasteiger partial charge in [0.05, 0.1) is 6.04 Å². The van der Waals surface area contributed by atoms with E-state index in [9.17, 15) is 33.9 Å². The number of thiol groups is 1. The number of rotatable bonds is 23. The molecular formula is C26H50N10O7S. The first kappa shape index (κ1) is 40.4. The summed E-state index contributed by atoms with van der Waals surface area (Å²) in [7, 11) is 0. The molecule has 0 aromatic rings. The van der Waals surface area contributed by atoms with Gasteiger partial charge in [0.25, 0.3) is 0 Å². The summed E-state index contributed by atoms with van der Waals surface area (Å²) in [6.45, 7) is 4.05. The van der Waals surface area contributed by atoms with Gasteiger partial charge in [-0.25, -0.2) is 4.79 Å². The maximum Gasteiger partial charge on any atom is 0.326 e. The van der Waals surface area contributed by atoms with Crippen LogP contribution in [0.3, 0.4) is 0 Å². The highest BCUT2D eigenvalue weighted by molar-refractivity contribution is 7.80. The Morgan fingerprint density at radius 2 is 1.34 bits per heavy atom. The maximum absolute atomic E-state index is 13.5. The van der Waals surface area contributed by atoms with Crippen molar-refractivity contribution in [2.24, 2.45) is 39.6 Å². The van der Waals surface area contributed by atoms with Crippen LogP contribution in [0.25, 0.3) is 0 Å². The fourth-order valence-corrected chi connectivity index (χ4v) is 4.10. The molecule has 0 heterocycles. The molecule has 44 heavy (non-hydrogen) atoms. The number of carbonyl (C=O) groups is 6. The lowest BCUT2D eigenvalue weighted by Gasteiger charge is -2.29. The minimum Gasteiger partial charge on any atom is -0.480 e. The van der Waals surface area contributed by atoms with Gasteiger partial charge < -0.3 is 55.0 Å². The zero-order valence-corrected chi connectivity index (χ0v) is 26.3. The molecule has 0 radical (unpaired) electrons. The highest BCUT2D eigenvalue weighted by Gasteiger charge is 2.33. The van der Waals surface area contributed by atoms with E-state index in [4.69, 9.17) is 28.7 Å². The topological polar surface area (TPSA) is 313 Å². The molecule has 0 aliphatic carbocycles. The van der Waals surface area contributed by atoms with Gasteiger partial charge in [-0.1, -0.05) is 20.3 Å². The fourth-order valence-electron chi connectivity index (χ4n) is 3.93. The summed E-state index contributed by atoms with van der Waals surface area (Å²) in [4.78, 5) is 79.2. The smallest absolute Gasteiger partial charge is 0.326 e. The van der Waals surface area contributed by atoms with Crippen molar-refractivity contribution in [3.8, 4) is 0 Å². The number of unbranched alkanes of at least 4 members (excludes halogenated alkanes) is 1. The lowest BCUT2D eigenvalue weighted by atomic mass is 9.96. The van der Waals surface area contributed by atoms with E-state index in [1.807, 2.05) is 0 Å². The first-order chi connectivity index (χ1) is 20.7. The van der Waals surface area contributed by atoms with E-state index in [1.54, 1.807) is 13.8 Å². The molecule has 252 valence electrons. The van der Waals surface area contributed by atoms with Gasteiger partial charge in [-0.15, -0.1) is 0 Å². The molecule has 0 spiro atoms. The number of aliphatic carboxylic acids is 1. The number of hydrogen-bond acceptors (Lipinski definition) is 10. The second-order valence-electron chi connectivity index (χ2n) is 10.4. The molecule has 0 aliphatic heterocycles. The van der Waals surface area contributed by atoms with Crippen LogP contribution in [0, 0.1) is 5.92 Å².